The van der Waals surface area contributed by atoms with Crippen molar-refractivity contribution in [2.24, 2.45) is 7.05 Å². The van der Waals surface area contributed by atoms with Crippen molar-refractivity contribution in [3.8, 4) is 0 Å². The van der Waals surface area contributed by atoms with Gasteiger partial charge in [0.05, 0.1) is 5.56 Å². The van der Waals surface area contributed by atoms with Crippen molar-refractivity contribution in [3.05, 3.63) is 87.2 Å². The van der Waals surface area contributed by atoms with E-state index in [1.54, 1.807) is 41.9 Å². The molecule has 1 aliphatic heterocycles. The lowest BCUT2D eigenvalue weighted by Gasteiger charge is -2.27. The summed E-state index contributed by atoms with van der Waals surface area (Å²) in [4.78, 5) is 29.3. The van der Waals surface area contributed by atoms with Gasteiger partial charge in [-0.1, -0.05) is 42.1 Å². The number of aromatic nitrogens is 2. The van der Waals surface area contributed by atoms with E-state index in [-0.39, 0.29) is 23.9 Å². The van der Waals surface area contributed by atoms with Crippen LogP contribution < -0.4 is 10.9 Å². The molecule has 1 aromatic heterocycles. The monoisotopic (exact) mass is 413 g/mol. The van der Waals surface area contributed by atoms with Crippen LogP contribution in [0.2, 0.25) is 0 Å². The van der Waals surface area contributed by atoms with Crippen LogP contribution in [0.3, 0.4) is 0 Å². The predicted octanol–water partition coefficient (Wildman–Crippen LogP) is 3.82. The third-order valence-electron chi connectivity index (χ3n) is 4.87. The number of fused-ring (bicyclic) bond motifs is 1. The summed E-state index contributed by atoms with van der Waals surface area (Å²) < 4.78 is 29.2. The number of hydrogen-bond donors (Lipinski definition) is 1. The number of hydrogen-bond acceptors (Lipinski definition) is 4. The lowest BCUT2D eigenvalue weighted by Crippen LogP contribution is -2.33. The Balaban J connectivity index is 1.73. The van der Waals surface area contributed by atoms with Crippen LogP contribution >= 0.6 is 11.8 Å². The standard InChI is InChI=1S/C21H17F2N3O2S/c1-26-19-18(15(10-17(27)24-19)12-6-4-7-14(22)9-12)20(28)25-21(26)29-11-13-5-2-3-8-16(13)23/h2-9,15H,10-11H2,1H3,(H,24,27). The van der Waals surface area contributed by atoms with E-state index in [1.165, 1.54) is 30.0 Å². The highest BCUT2D eigenvalue weighted by molar-refractivity contribution is 7.98. The van der Waals surface area contributed by atoms with E-state index in [9.17, 15) is 18.4 Å². The molecule has 4 rings (SSSR count). The summed E-state index contributed by atoms with van der Waals surface area (Å²) in [6.07, 6.45) is 0.0368. The molecule has 0 saturated carbocycles. The molecule has 0 fully saturated rings. The van der Waals surface area contributed by atoms with Crippen LogP contribution in [-0.4, -0.2) is 15.5 Å². The van der Waals surface area contributed by atoms with Gasteiger partial charge in [-0.3, -0.25) is 9.59 Å². The molecule has 1 unspecified atom stereocenters. The number of carbonyl (C=O) groups excluding carboxylic acids is 1. The molecule has 0 radical (unpaired) electrons. The summed E-state index contributed by atoms with van der Waals surface area (Å²) in [5.41, 5.74) is 0.884. The highest BCUT2D eigenvalue weighted by Gasteiger charge is 2.32. The van der Waals surface area contributed by atoms with Gasteiger partial charge in [-0.2, -0.15) is 4.98 Å². The summed E-state index contributed by atoms with van der Waals surface area (Å²) in [5.74, 6) is -0.984. The van der Waals surface area contributed by atoms with Crippen LogP contribution in [0.25, 0.3) is 0 Å². The smallest absolute Gasteiger partial charge is 0.279 e. The Hall–Kier alpha value is -3.00. The lowest BCUT2D eigenvalue weighted by atomic mass is 9.87. The van der Waals surface area contributed by atoms with Crippen molar-refractivity contribution in [3.63, 3.8) is 0 Å². The van der Waals surface area contributed by atoms with Crippen LogP contribution in [0.15, 0.2) is 58.5 Å². The number of thioether (sulfide) groups is 1. The Labute approximate surface area is 169 Å². The third-order valence-corrected chi connectivity index (χ3v) is 5.95. The van der Waals surface area contributed by atoms with Crippen molar-refractivity contribution in [2.75, 3.05) is 5.32 Å². The van der Waals surface area contributed by atoms with E-state index in [0.29, 0.717) is 27.7 Å². The Morgan fingerprint density at radius 3 is 2.72 bits per heavy atom. The number of rotatable bonds is 4. The van der Waals surface area contributed by atoms with Crippen molar-refractivity contribution in [1.29, 1.82) is 0 Å². The number of nitrogens with one attached hydrogen (secondary N) is 1. The van der Waals surface area contributed by atoms with Crippen molar-refractivity contribution in [2.45, 2.75) is 23.2 Å². The first-order chi connectivity index (χ1) is 13.9. The molecule has 1 aliphatic rings. The summed E-state index contributed by atoms with van der Waals surface area (Å²) in [6.45, 7) is 0. The Bertz CT molecular complexity index is 1160. The van der Waals surface area contributed by atoms with Crippen LogP contribution in [0.5, 0.6) is 0 Å². The van der Waals surface area contributed by atoms with Crippen molar-refractivity contribution < 1.29 is 13.6 Å². The van der Waals surface area contributed by atoms with Gasteiger partial charge in [0, 0.05) is 25.1 Å². The molecule has 0 saturated heterocycles. The fourth-order valence-corrected chi connectivity index (χ4v) is 4.38. The van der Waals surface area contributed by atoms with Gasteiger partial charge in [0.15, 0.2) is 5.16 Å². The molecule has 8 heteroatoms. The molecule has 148 valence electrons. The van der Waals surface area contributed by atoms with E-state index in [0.717, 1.165) is 0 Å². The van der Waals surface area contributed by atoms with Gasteiger partial charge in [0.25, 0.3) is 5.56 Å². The summed E-state index contributed by atoms with van der Waals surface area (Å²) in [7, 11) is 1.68. The molecule has 0 aliphatic carbocycles. The maximum atomic E-state index is 13.9. The van der Waals surface area contributed by atoms with Crippen LogP contribution in [0, 0.1) is 11.6 Å². The van der Waals surface area contributed by atoms with Gasteiger partial charge in [0.2, 0.25) is 5.91 Å². The minimum atomic E-state index is -0.578. The molecule has 2 aromatic carbocycles. The lowest BCUT2D eigenvalue weighted by molar-refractivity contribution is -0.116. The number of halogens is 2. The Morgan fingerprint density at radius 2 is 1.97 bits per heavy atom. The highest BCUT2D eigenvalue weighted by Crippen LogP contribution is 2.36. The number of benzene rings is 2. The molecule has 5 nitrogen and oxygen atoms in total. The van der Waals surface area contributed by atoms with E-state index in [2.05, 4.69) is 10.3 Å². The van der Waals surface area contributed by atoms with Crippen LogP contribution in [0.4, 0.5) is 14.6 Å². The maximum Gasteiger partial charge on any atom is 0.279 e. The summed E-state index contributed by atoms with van der Waals surface area (Å²) >= 11 is 1.20. The molecule has 3 aromatic rings. The zero-order chi connectivity index (χ0) is 20.5. The topological polar surface area (TPSA) is 64.0 Å². The SMILES string of the molecule is Cn1c(SCc2ccccc2F)nc(=O)c2c1NC(=O)CC2c1cccc(F)c1. The van der Waals surface area contributed by atoms with E-state index in [4.69, 9.17) is 0 Å². The molecule has 2 heterocycles. The second-order valence-corrected chi connectivity index (χ2v) is 7.70. The van der Waals surface area contributed by atoms with Crippen LogP contribution in [-0.2, 0) is 17.6 Å². The predicted molar refractivity (Wildman–Crippen MR) is 107 cm³/mol. The Kier molecular flexibility index (Phi) is 5.19. The quantitative estimate of drug-likeness (QED) is 0.522. The van der Waals surface area contributed by atoms with Gasteiger partial charge in [-0.25, -0.2) is 8.78 Å². The van der Waals surface area contributed by atoms with Gasteiger partial charge in [-0.15, -0.1) is 0 Å². The average molecular weight is 413 g/mol. The molecule has 0 bridgehead atoms. The number of carbonyl (C=O) groups is 1. The number of nitrogens with zero attached hydrogens (tertiary/aromatic N) is 2. The van der Waals surface area contributed by atoms with Crippen molar-refractivity contribution >= 4 is 23.5 Å². The molecule has 0 spiro atoms. The van der Waals surface area contributed by atoms with Crippen LogP contribution in [0.1, 0.15) is 29.0 Å². The first-order valence-electron chi connectivity index (χ1n) is 8.96. The minimum absolute atomic E-state index is 0.0368. The van der Waals surface area contributed by atoms with E-state index < -0.39 is 17.3 Å². The second kappa shape index (κ2) is 7.79. The normalized spacial score (nSPS) is 15.7. The van der Waals surface area contributed by atoms with Gasteiger partial charge in [-0.05, 0) is 29.3 Å². The van der Waals surface area contributed by atoms with E-state index >= 15 is 0 Å². The zero-order valence-electron chi connectivity index (χ0n) is 15.5. The fourth-order valence-electron chi connectivity index (χ4n) is 3.43. The summed E-state index contributed by atoms with van der Waals surface area (Å²) in [5, 5.41) is 3.09. The molecule has 1 atom stereocenters. The molecule has 29 heavy (non-hydrogen) atoms. The van der Waals surface area contributed by atoms with Gasteiger partial charge in [0.1, 0.15) is 17.5 Å². The first kappa shape index (κ1) is 19.3. The molecular formula is C21H17F2N3O2S. The van der Waals surface area contributed by atoms with Gasteiger partial charge >= 0.3 is 0 Å². The molecule has 1 amide bonds. The molecular weight excluding hydrogens is 396 g/mol. The largest absolute Gasteiger partial charge is 0.312 e. The second-order valence-electron chi connectivity index (χ2n) is 6.76. The third kappa shape index (κ3) is 3.80. The minimum Gasteiger partial charge on any atom is -0.312 e. The molecule has 1 N–H and O–H groups in total. The van der Waals surface area contributed by atoms with Gasteiger partial charge < -0.3 is 9.88 Å². The maximum absolute atomic E-state index is 13.9. The highest BCUT2D eigenvalue weighted by atomic mass is 32.2. The Morgan fingerprint density at radius 1 is 1.17 bits per heavy atom. The first-order valence-corrected chi connectivity index (χ1v) is 9.95. The number of amides is 1. The fraction of sp³-hybridized carbons (Fsp3) is 0.190. The average Bonchev–Trinajstić information content (AvgIpc) is 2.70. The summed E-state index contributed by atoms with van der Waals surface area (Å²) in [6, 6.07) is 12.3. The zero-order valence-corrected chi connectivity index (χ0v) is 16.3. The van der Waals surface area contributed by atoms with E-state index in [1.807, 2.05) is 0 Å². The van der Waals surface area contributed by atoms with Crippen molar-refractivity contribution in [1.82, 2.24) is 9.55 Å². The number of anilines is 1.